The van der Waals surface area contributed by atoms with Crippen LogP contribution >= 0.6 is 15.9 Å². The normalized spacial score (nSPS) is 22.3. The Morgan fingerprint density at radius 1 is 0.974 bits per heavy atom. The fourth-order valence-corrected chi connectivity index (χ4v) is 5.19. The number of hydrazone groups is 1. The van der Waals surface area contributed by atoms with E-state index >= 15 is 0 Å². The minimum atomic E-state index is -1.09. The number of hydrogen-bond donors (Lipinski definition) is 0. The first-order chi connectivity index (χ1) is 18.4. The molecular weight excluding hydrogens is 555 g/mol. The Bertz CT molecular complexity index is 1500. The van der Waals surface area contributed by atoms with Gasteiger partial charge in [-0.1, -0.05) is 69.7 Å². The molecule has 1 fully saturated rings. The van der Waals surface area contributed by atoms with E-state index in [-0.39, 0.29) is 18.3 Å². The summed E-state index contributed by atoms with van der Waals surface area (Å²) >= 11 is 3.44. The van der Waals surface area contributed by atoms with Gasteiger partial charge in [0, 0.05) is 10.9 Å². The van der Waals surface area contributed by atoms with Crippen LogP contribution in [0.5, 0.6) is 0 Å². The van der Waals surface area contributed by atoms with E-state index in [0.717, 1.165) is 32.3 Å². The highest BCUT2D eigenvalue weighted by atomic mass is 79.9. The van der Waals surface area contributed by atoms with Gasteiger partial charge in [0.15, 0.2) is 12.1 Å². The van der Waals surface area contributed by atoms with Crippen molar-refractivity contribution < 1.29 is 18.8 Å². The van der Waals surface area contributed by atoms with Gasteiger partial charge in [0.25, 0.3) is 17.7 Å². The molecule has 0 aliphatic carbocycles. The first-order valence-electron chi connectivity index (χ1n) is 11.9. The van der Waals surface area contributed by atoms with Gasteiger partial charge in [0.1, 0.15) is 12.4 Å². The van der Waals surface area contributed by atoms with Crippen molar-refractivity contribution in [3.63, 3.8) is 0 Å². The van der Waals surface area contributed by atoms with Crippen LogP contribution in [-0.2, 0) is 14.4 Å². The lowest BCUT2D eigenvalue weighted by Crippen LogP contribution is -2.44. The third kappa shape index (κ3) is 4.18. The van der Waals surface area contributed by atoms with Crippen LogP contribution in [0.1, 0.15) is 23.6 Å². The van der Waals surface area contributed by atoms with Crippen molar-refractivity contribution in [1.29, 1.82) is 0 Å². The quantitative estimate of drug-likeness (QED) is 0.425. The SMILES string of the molecule is O=C1[C@@H]2N=NN(CC(=O)N3N=C(c4ccc(Br)cc4)C[C@H]3c3ccccc3)[C@H]2C(=O)N1c1cccc(F)c1. The summed E-state index contributed by atoms with van der Waals surface area (Å²) in [6, 6.07) is 20.0. The van der Waals surface area contributed by atoms with E-state index in [9.17, 15) is 18.8 Å². The van der Waals surface area contributed by atoms with Gasteiger partial charge in [-0.15, -0.1) is 0 Å². The number of anilines is 1. The van der Waals surface area contributed by atoms with Crippen LogP contribution in [0.2, 0.25) is 0 Å². The molecule has 3 aromatic carbocycles. The standard InChI is InChI=1S/C27H20BrFN6O3/c28-18-11-9-16(10-12-18)21-14-22(17-5-2-1-3-6-17)35(31-21)23(36)15-33-25-24(30-32-33)26(37)34(27(25)38)20-8-4-7-19(29)13-20/h1-13,22,24-25H,14-15H2/t22-,24+,25+/m0/s1. The number of carbonyl (C=O) groups is 3. The Balaban J connectivity index is 1.26. The maximum absolute atomic E-state index is 13.8. The van der Waals surface area contributed by atoms with E-state index in [1.165, 1.54) is 28.2 Å². The van der Waals surface area contributed by atoms with Crippen molar-refractivity contribution in [1.82, 2.24) is 10.0 Å². The molecule has 0 bridgehead atoms. The lowest BCUT2D eigenvalue weighted by molar-refractivity contribution is -0.135. The number of halogens is 2. The molecule has 0 N–H and O–H groups in total. The fourth-order valence-electron chi connectivity index (χ4n) is 4.93. The van der Waals surface area contributed by atoms with Crippen LogP contribution in [0.15, 0.2) is 98.8 Å². The summed E-state index contributed by atoms with van der Waals surface area (Å²) in [7, 11) is 0. The Morgan fingerprint density at radius 2 is 1.74 bits per heavy atom. The highest BCUT2D eigenvalue weighted by Gasteiger charge is 2.55. The summed E-state index contributed by atoms with van der Waals surface area (Å²) in [5.41, 5.74) is 2.68. The molecule has 3 amide bonds. The summed E-state index contributed by atoms with van der Waals surface area (Å²) in [6.07, 6.45) is 0.510. The maximum Gasteiger partial charge on any atom is 0.264 e. The molecule has 3 atom stereocenters. The van der Waals surface area contributed by atoms with Crippen LogP contribution in [0.25, 0.3) is 0 Å². The van der Waals surface area contributed by atoms with Crippen molar-refractivity contribution in [3.8, 4) is 0 Å². The highest BCUT2D eigenvalue weighted by Crippen LogP contribution is 2.35. The molecule has 6 rings (SSSR count). The first kappa shape index (κ1) is 24.1. The molecule has 1 saturated heterocycles. The van der Waals surface area contributed by atoms with Crippen molar-refractivity contribution >= 4 is 45.1 Å². The van der Waals surface area contributed by atoms with Crippen molar-refractivity contribution in [2.45, 2.75) is 24.5 Å². The molecule has 3 aromatic rings. The van der Waals surface area contributed by atoms with Crippen LogP contribution in [0, 0.1) is 5.82 Å². The van der Waals surface area contributed by atoms with Gasteiger partial charge in [-0.3, -0.25) is 19.4 Å². The van der Waals surface area contributed by atoms with Gasteiger partial charge in [-0.2, -0.15) is 10.2 Å². The van der Waals surface area contributed by atoms with Gasteiger partial charge in [-0.25, -0.2) is 14.3 Å². The third-order valence-corrected chi connectivity index (χ3v) is 7.28. The molecule has 190 valence electrons. The number of nitrogens with zero attached hydrogens (tertiary/aromatic N) is 6. The van der Waals surface area contributed by atoms with Crippen LogP contribution in [0.4, 0.5) is 10.1 Å². The molecule has 11 heteroatoms. The molecule has 0 radical (unpaired) electrons. The number of benzene rings is 3. The van der Waals surface area contributed by atoms with E-state index in [4.69, 9.17) is 0 Å². The van der Waals surface area contributed by atoms with Gasteiger partial charge < -0.3 is 0 Å². The smallest absolute Gasteiger partial charge is 0.264 e. The Labute approximate surface area is 225 Å². The van der Waals surface area contributed by atoms with E-state index in [0.29, 0.717) is 6.42 Å². The largest absolute Gasteiger partial charge is 0.271 e. The second-order valence-electron chi connectivity index (χ2n) is 9.11. The summed E-state index contributed by atoms with van der Waals surface area (Å²) in [5, 5.41) is 15.3. The number of carbonyl (C=O) groups excluding carboxylic acids is 3. The van der Waals surface area contributed by atoms with Crippen LogP contribution in [-0.4, -0.2) is 52.1 Å². The summed E-state index contributed by atoms with van der Waals surface area (Å²) < 4.78 is 14.7. The zero-order valence-electron chi connectivity index (χ0n) is 19.8. The number of hydrogen-bond acceptors (Lipinski definition) is 7. The fraction of sp³-hybridized carbons (Fsp3) is 0.185. The number of amides is 3. The lowest BCUT2D eigenvalue weighted by Gasteiger charge is -2.25. The number of imide groups is 1. The predicted octanol–water partition coefficient (Wildman–Crippen LogP) is 4.26. The Hall–Kier alpha value is -4.25. The van der Waals surface area contributed by atoms with E-state index < -0.39 is 35.6 Å². The molecular formula is C27H20BrFN6O3. The van der Waals surface area contributed by atoms with Gasteiger partial charge in [-0.05, 0) is 41.5 Å². The molecule has 38 heavy (non-hydrogen) atoms. The predicted molar refractivity (Wildman–Crippen MR) is 139 cm³/mol. The number of rotatable bonds is 5. The summed E-state index contributed by atoms with van der Waals surface area (Å²) in [6.45, 7) is -0.304. The molecule has 0 spiro atoms. The second-order valence-corrected chi connectivity index (χ2v) is 10.0. The molecule has 0 aromatic heterocycles. The van der Waals surface area contributed by atoms with Crippen LogP contribution in [0.3, 0.4) is 0 Å². The van der Waals surface area contributed by atoms with E-state index in [1.807, 2.05) is 54.6 Å². The first-order valence-corrected chi connectivity index (χ1v) is 12.7. The zero-order valence-corrected chi connectivity index (χ0v) is 21.4. The minimum Gasteiger partial charge on any atom is -0.271 e. The summed E-state index contributed by atoms with van der Waals surface area (Å²) in [4.78, 5) is 40.7. The zero-order chi connectivity index (χ0) is 26.4. The van der Waals surface area contributed by atoms with E-state index in [2.05, 4.69) is 31.4 Å². The monoisotopic (exact) mass is 574 g/mol. The van der Waals surface area contributed by atoms with Crippen molar-refractivity contribution in [2.75, 3.05) is 11.4 Å². The average Bonchev–Trinajstić information content (AvgIpc) is 3.60. The molecule has 3 aliphatic heterocycles. The molecule has 0 saturated carbocycles. The molecule has 3 aliphatic rings. The second kappa shape index (κ2) is 9.56. The molecule has 3 heterocycles. The highest BCUT2D eigenvalue weighted by molar-refractivity contribution is 9.10. The van der Waals surface area contributed by atoms with Gasteiger partial charge in [0.05, 0.1) is 17.4 Å². The molecule has 9 nitrogen and oxygen atoms in total. The number of fused-ring (bicyclic) bond motifs is 1. The van der Waals surface area contributed by atoms with E-state index in [1.54, 1.807) is 0 Å². The van der Waals surface area contributed by atoms with Gasteiger partial charge >= 0.3 is 0 Å². The van der Waals surface area contributed by atoms with Crippen LogP contribution < -0.4 is 4.90 Å². The Kier molecular flexibility index (Phi) is 6.07. The van der Waals surface area contributed by atoms with Crippen molar-refractivity contribution in [2.24, 2.45) is 15.4 Å². The minimum absolute atomic E-state index is 0.114. The maximum atomic E-state index is 13.8. The summed E-state index contributed by atoms with van der Waals surface area (Å²) in [5.74, 6) is -2.18. The average molecular weight is 575 g/mol. The topological polar surface area (TPSA) is 98.0 Å². The van der Waals surface area contributed by atoms with Crippen molar-refractivity contribution in [3.05, 3.63) is 100 Å². The lowest BCUT2D eigenvalue weighted by atomic mass is 9.98. The third-order valence-electron chi connectivity index (χ3n) is 6.75. The Morgan fingerprint density at radius 3 is 2.47 bits per heavy atom. The molecule has 0 unspecified atom stereocenters. The van der Waals surface area contributed by atoms with Gasteiger partial charge in [0.2, 0.25) is 0 Å².